The minimum atomic E-state index is -2.46. The topological polar surface area (TPSA) is 72.5 Å². The van der Waals surface area contributed by atoms with Crippen LogP contribution in [-0.2, 0) is 15.7 Å². The Balaban J connectivity index is 3.01. The Hall–Kier alpha value is -1.34. The van der Waals surface area contributed by atoms with Crippen molar-refractivity contribution in [2.75, 3.05) is 0 Å². The van der Waals surface area contributed by atoms with Gasteiger partial charge in [-0.1, -0.05) is 36.7 Å². The van der Waals surface area contributed by atoms with Crippen LogP contribution < -0.4 is 10.1 Å². The molecule has 0 saturated heterocycles. The smallest absolute Gasteiger partial charge is 0.410 e. The fraction of sp³-hybridized carbons (Fsp3) is 0.333. The van der Waals surface area contributed by atoms with E-state index in [1.165, 1.54) is 0 Å². The summed E-state index contributed by atoms with van der Waals surface area (Å²) >= 11 is 3.36. The van der Waals surface area contributed by atoms with Crippen molar-refractivity contribution in [1.82, 2.24) is 5.32 Å². The Labute approximate surface area is 121 Å². The van der Waals surface area contributed by atoms with E-state index in [1.54, 1.807) is 12.1 Å². The van der Waals surface area contributed by atoms with Gasteiger partial charge in [-0.25, -0.2) is 4.79 Å². The van der Waals surface area contributed by atoms with Crippen LogP contribution in [0.3, 0.4) is 0 Å². The van der Waals surface area contributed by atoms with Crippen molar-refractivity contribution in [2.45, 2.75) is 26.2 Å². The summed E-state index contributed by atoms with van der Waals surface area (Å²) in [5, 5.41) is 2.01. The van der Waals surface area contributed by atoms with E-state index >= 15 is 0 Å². The molecule has 0 aromatic heterocycles. The van der Waals surface area contributed by atoms with Gasteiger partial charge < -0.3 is 4.74 Å². The molecule has 0 saturated carbocycles. The zero-order valence-electron chi connectivity index (χ0n) is 10.7. The lowest BCUT2D eigenvalue weighted by molar-refractivity contribution is 0.205. The standard InChI is InChI=1S/C12H14BrNO4S/c1-12(2,3)9-6-8(13)4-5-10(9)18-11(15)14-7-19(16)17/h4-7H,1-3H3,(H,14,15). The normalized spacial score (nSPS) is 10.7. The van der Waals surface area contributed by atoms with Crippen molar-refractivity contribution in [2.24, 2.45) is 0 Å². The highest BCUT2D eigenvalue weighted by Gasteiger charge is 2.20. The SMILES string of the molecule is CC(C)(C)c1cc(Br)ccc1OC(=O)NC=S(=O)=O. The highest BCUT2D eigenvalue weighted by atomic mass is 79.9. The number of rotatable bonds is 2. The Morgan fingerprint density at radius 1 is 1.37 bits per heavy atom. The molecule has 0 heterocycles. The van der Waals surface area contributed by atoms with Crippen molar-refractivity contribution in [3.63, 3.8) is 0 Å². The maximum atomic E-state index is 11.4. The number of carbonyl (C=O) groups is 1. The van der Waals surface area contributed by atoms with Crippen molar-refractivity contribution >= 4 is 37.8 Å². The molecule has 1 amide bonds. The Morgan fingerprint density at radius 3 is 2.53 bits per heavy atom. The average molecular weight is 348 g/mol. The number of carbonyl (C=O) groups excluding carboxylic acids is 1. The van der Waals surface area contributed by atoms with Gasteiger partial charge in [-0.2, -0.15) is 8.42 Å². The van der Waals surface area contributed by atoms with Crippen LogP contribution in [0.1, 0.15) is 26.3 Å². The van der Waals surface area contributed by atoms with Gasteiger partial charge in [0.2, 0.25) is 10.3 Å². The van der Waals surface area contributed by atoms with Crippen LogP contribution in [0, 0.1) is 0 Å². The van der Waals surface area contributed by atoms with Crippen LogP contribution in [0.25, 0.3) is 0 Å². The van der Waals surface area contributed by atoms with E-state index in [2.05, 4.69) is 15.9 Å². The van der Waals surface area contributed by atoms with Gasteiger partial charge in [0.1, 0.15) is 11.2 Å². The largest absolute Gasteiger partial charge is 0.417 e. The minimum Gasteiger partial charge on any atom is -0.410 e. The Bertz CT molecular complexity index is 609. The lowest BCUT2D eigenvalue weighted by atomic mass is 9.86. The minimum absolute atomic E-state index is 0.218. The molecule has 1 rings (SSSR count). The lowest BCUT2D eigenvalue weighted by Gasteiger charge is -2.22. The third kappa shape index (κ3) is 5.04. The second-order valence-electron chi connectivity index (χ2n) is 4.80. The molecule has 1 N–H and O–H groups in total. The molecule has 1 aromatic carbocycles. The summed E-state index contributed by atoms with van der Waals surface area (Å²) in [5.74, 6) is 0.387. The number of hydrogen-bond acceptors (Lipinski definition) is 4. The molecule has 0 fully saturated rings. The van der Waals surface area contributed by atoms with Gasteiger partial charge in [0, 0.05) is 10.0 Å². The van der Waals surface area contributed by atoms with E-state index in [0.717, 1.165) is 10.0 Å². The first kappa shape index (κ1) is 15.7. The summed E-state index contributed by atoms with van der Waals surface area (Å²) in [6, 6.07) is 5.25. The third-order valence-corrected chi connectivity index (χ3v) is 3.03. The van der Waals surface area contributed by atoms with E-state index in [-0.39, 0.29) is 5.41 Å². The number of halogens is 1. The molecular formula is C12H14BrNO4S. The Morgan fingerprint density at radius 2 is 2.00 bits per heavy atom. The molecule has 5 nitrogen and oxygen atoms in total. The van der Waals surface area contributed by atoms with Crippen LogP contribution >= 0.6 is 15.9 Å². The fourth-order valence-corrected chi connectivity index (χ4v) is 1.96. The van der Waals surface area contributed by atoms with Gasteiger partial charge in [0.25, 0.3) is 0 Å². The number of ether oxygens (including phenoxy) is 1. The lowest BCUT2D eigenvalue weighted by Crippen LogP contribution is -2.27. The molecule has 0 aliphatic heterocycles. The molecule has 0 aliphatic carbocycles. The summed E-state index contributed by atoms with van der Waals surface area (Å²) in [6.45, 7) is 5.95. The summed E-state index contributed by atoms with van der Waals surface area (Å²) in [6.07, 6.45) is -0.850. The van der Waals surface area contributed by atoms with Crippen LogP contribution in [-0.4, -0.2) is 20.0 Å². The van der Waals surface area contributed by atoms with E-state index in [0.29, 0.717) is 11.2 Å². The maximum absolute atomic E-state index is 11.4. The molecule has 0 aliphatic rings. The van der Waals surface area contributed by atoms with E-state index < -0.39 is 16.4 Å². The van der Waals surface area contributed by atoms with E-state index in [1.807, 2.05) is 32.2 Å². The van der Waals surface area contributed by atoms with Crippen molar-refractivity contribution in [1.29, 1.82) is 0 Å². The zero-order valence-corrected chi connectivity index (χ0v) is 13.1. The predicted octanol–water partition coefficient (Wildman–Crippen LogP) is 2.47. The summed E-state index contributed by atoms with van der Waals surface area (Å²) in [4.78, 5) is 11.4. The van der Waals surface area contributed by atoms with Gasteiger partial charge >= 0.3 is 6.09 Å². The zero-order chi connectivity index (χ0) is 14.6. The first-order valence-electron chi connectivity index (χ1n) is 5.40. The summed E-state index contributed by atoms with van der Waals surface area (Å²) in [5.41, 5.74) is 1.24. The molecule has 0 unspecified atom stereocenters. The van der Waals surface area contributed by atoms with E-state index in [9.17, 15) is 13.2 Å². The van der Waals surface area contributed by atoms with Crippen LogP contribution in [0.15, 0.2) is 22.7 Å². The highest BCUT2D eigenvalue weighted by Crippen LogP contribution is 2.33. The summed E-state index contributed by atoms with van der Waals surface area (Å²) in [7, 11) is -2.46. The number of benzene rings is 1. The fourth-order valence-electron chi connectivity index (χ4n) is 1.40. The van der Waals surface area contributed by atoms with Crippen LogP contribution in [0.2, 0.25) is 0 Å². The van der Waals surface area contributed by atoms with Gasteiger partial charge in [-0.3, -0.25) is 5.32 Å². The molecule has 0 bridgehead atoms. The molecule has 0 radical (unpaired) electrons. The molecule has 104 valence electrons. The number of hydrogen-bond donors (Lipinski definition) is 1. The number of amides is 1. The molecular weight excluding hydrogens is 334 g/mol. The quantitative estimate of drug-likeness (QED) is 0.834. The second kappa shape index (κ2) is 6.21. The van der Waals surface area contributed by atoms with Crippen LogP contribution in [0.5, 0.6) is 5.75 Å². The molecule has 19 heavy (non-hydrogen) atoms. The summed E-state index contributed by atoms with van der Waals surface area (Å²) < 4.78 is 26.6. The highest BCUT2D eigenvalue weighted by molar-refractivity contribution is 9.10. The molecule has 0 atom stereocenters. The predicted molar refractivity (Wildman–Crippen MR) is 77.0 cm³/mol. The monoisotopic (exact) mass is 347 g/mol. The van der Waals surface area contributed by atoms with Crippen molar-refractivity contribution < 1.29 is 17.9 Å². The van der Waals surface area contributed by atoms with Crippen molar-refractivity contribution in [3.8, 4) is 5.75 Å². The third-order valence-electron chi connectivity index (χ3n) is 2.23. The van der Waals surface area contributed by atoms with Gasteiger partial charge in [-0.05, 0) is 23.6 Å². The second-order valence-corrected chi connectivity index (χ2v) is 6.48. The maximum Gasteiger partial charge on any atom is 0.417 e. The molecule has 0 spiro atoms. The number of nitrogens with one attached hydrogen (secondary N) is 1. The Kier molecular flexibility index (Phi) is 5.13. The average Bonchev–Trinajstić information content (AvgIpc) is 2.27. The van der Waals surface area contributed by atoms with Gasteiger partial charge in [0.15, 0.2) is 0 Å². The van der Waals surface area contributed by atoms with Crippen molar-refractivity contribution in [3.05, 3.63) is 28.2 Å². The van der Waals surface area contributed by atoms with Gasteiger partial charge in [0.05, 0.1) is 0 Å². The molecule has 7 heteroatoms. The van der Waals surface area contributed by atoms with Crippen LogP contribution in [0.4, 0.5) is 4.79 Å². The van der Waals surface area contributed by atoms with E-state index in [4.69, 9.17) is 4.74 Å². The first-order chi connectivity index (χ1) is 8.70. The first-order valence-corrected chi connectivity index (χ1v) is 7.33. The van der Waals surface area contributed by atoms with Gasteiger partial charge in [-0.15, -0.1) is 0 Å². The molecule has 1 aromatic rings.